The average Bonchev–Trinajstić information content (AvgIpc) is 2.85. The Morgan fingerprint density at radius 1 is 1.44 bits per heavy atom. The fourth-order valence-electron chi connectivity index (χ4n) is 2.51. The Bertz CT molecular complexity index is 401. The molecular weight excluding hydrogens is 234 g/mol. The lowest BCUT2D eigenvalue weighted by atomic mass is 9.85. The highest BCUT2D eigenvalue weighted by atomic mass is 16.4. The van der Waals surface area contributed by atoms with E-state index in [4.69, 9.17) is 9.52 Å². The Labute approximate surface area is 106 Å². The monoisotopic (exact) mass is 253 g/mol. The van der Waals surface area contributed by atoms with Gasteiger partial charge in [0.1, 0.15) is 12.0 Å². The minimum absolute atomic E-state index is 0.175. The summed E-state index contributed by atoms with van der Waals surface area (Å²) >= 11 is 0. The van der Waals surface area contributed by atoms with Crippen LogP contribution in [0, 0.1) is 5.92 Å². The van der Waals surface area contributed by atoms with Crippen LogP contribution in [0.2, 0.25) is 0 Å². The van der Waals surface area contributed by atoms with E-state index in [-0.39, 0.29) is 12.2 Å². The topological polar surface area (TPSA) is 82.7 Å². The number of carbonyl (C=O) groups is 1. The number of carboxylic acids is 1. The molecule has 1 aromatic heterocycles. The third-order valence-electron chi connectivity index (χ3n) is 3.58. The van der Waals surface area contributed by atoms with Crippen molar-refractivity contribution in [1.29, 1.82) is 0 Å². The Morgan fingerprint density at radius 2 is 2.22 bits per heavy atom. The summed E-state index contributed by atoms with van der Waals surface area (Å²) in [6, 6.07) is 1.83. The van der Waals surface area contributed by atoms with Crippen molar-refractivity contribution in [3.8, 4) is 0 Å². The van der Waals surface area contributed by atoms with Gasteiger partial charge in [-0.25, -0.2) is 4.79 Å². The van der Waals surface area contributed by atoms with Crippen LogP contribution in [0.15, 0.2) is 16.7 Å². The quantitative estimate of drug-likeness (QED) is 0.742. The third kappa shape index (κ3) is 3.11. The first-order valence-corrected chi connectivity index (χ1v) is 6.35. The molecule has 1 heterocycles. The molecule has 18 heavy (non-hydrogen) atoms. The van der Waals surface area contributed by atoms with Crippen LogP contribution in [0.3, 0.4) is 0 Å². The first kappa shape index (κ1) is 13.1. The highest BCUT2D eigenvalue weighted by Crippen LogP contribution is 2.24. The number of aliphatic hydroxyl groups excluding tert-OH is 1. The standard InChI is InChI=1S/C13H19NO4/c15-7-9-3-1-2-4-12(9)14-6-11-5-10(8-18-11)13(16)17/h5,8-9,12,14-15H,1-4,6-7H2,(H,16,17). The zero-order chi connectivity index (χ0) is 13.0. The molecule has 2 unspecified atom stereocenters. The molecule has 1 aromatic rings. The first-order valence-electron chi connectivity index (χ1n) is 6.35. The van der Waals surface area contributed by atoms with Crippen molar-refractivity contribution in [1.82, 2.24) is 5.32 Å². The van der Waals surface area contributed by atoms with Crippen LogP contribution in [-0.2, 0) is 6.54 Å². The molecule has 0 amide bonds. The number of carboxylic acid groups (broad SMARTS) is 1. The summed E-state index contributed by atoms with van der Waals surface area (Å²) in [5.41, 5.74) is 0.175. The van der Waals surface area contributed by atoms with Crippen molar-refractivity contribution in [3.63, 3.8) is 0 Å². The molecule has 5 nitrogen and oxygen atoms in total. The molecule has 5 heteroatoms. The third-order valence-corrected chi connectivity index (χ3v) is 3.58. The molecular formula is C13H19NO4. The normalized spacial score (nSPS) is 24.1. The lowest BCUT2D eigenvalue weighted by molar-refractivity contribution is 0.0696. The Morgan fingerprint density at radius 3 is 2.89 bits per heavy atom. The summed E-state index contributed by atoms with van der Waals surface area (Å²) < 4.78 is 5.18. The van der Waals surface area contributed by atoms with Gasteiger partial charge in [0.25, 0.3) is 0 Å². The van der Waals surface area contributed by atoms with E-state index in [0.29, 0.717) is 24.3 Å². The second kappa shape index (κ2) is 6.02. The van der Waals surface area contributed by atoms with Gasteiger partial charge < -0.3 is 19.9 Å². The van der Waals surface area contributed by atoms with E-state index in [9.17, 15) is 9.90 Å². The molecule has 0 bridgehead atoms. The molecule has 1 aliphatic carbocycles. The van der Waals surface area contributed by atoms with Crippen molar-refractivity contribution < 1.29 is 19.4 Å². The van der Waals surface area contributed by atoms with Gasteiger partial charge in [-0.3, -0.25) is 0 Å². The van der Waals surface area contributed by atoms with E-state index in [1.54, 1.807) is 0 Å². The zero-order valence-corrected chi connectivity index (χ0v) is 10.3. The maximum Gasteiger partial charge on any atom is 0.338 e. The number of hydrogen-bond donors (Lipinski definition) is 3. The number of hydrogen-bond acceptors (Lipinski definition) is 4. The Balaban J connectivity index is 1.87. The van der Waals surface area contributed by atoms with Crippen molar-refractivity contribution in [2.24, 2.45) is 5.92 Å². The summed E-state index contributed by atoms with van der Waals surface area (Å²) in [4.78, 5) is 10.7. The Hall–Kier alpha value is -1.33. The fourth-order valence-corrected chi connectivity index (χ4v) is 2.51. The molecule has 1 fully saturated rings. The fraction of sp³-hybridized carbons (Fsp3) is 0.615. The van der Waals surface area contributed by atoms with E-state index in [1.165, 1.54) is 25.2 Å². The minimum atomic E-state index is -0.976. The predicted molar refractivity (Wildman–Crippen MR) is 65.3 cm³/mol. The summed E-state index contributed by atoms with van der Waals surface area (Å²) in [5.74, 6) is -0.0572. The molecule has 1 aliphatic rings. The van der Waals surface area contributed by atoms with Crippen molar-refractivity contribution in [3.05, 3.63) is 23.7 Å². The molecule has 2 rings (SSSR count). The smallest absolute Gasteiger partial charge is 0.338 e. The van der Waals surface area contributed by atoms with Gasteiger partial charge in [-0.2, -0.15) is 0 Å². The van der Waals surface area contributed by atoms with Crippen LogP contribution in [-0.4, -0.2) is 28.8 Å². The van der Waals surface area contributed by atoms with E-state index in [1.807, 2.05) is 0 Å². The van der Waals surface area contributed by atoms with E-state index >= 15 is 0 Å². The van der Waals surface area contributed by atoms with Crippen molar-refractivity contribution >= 4 is 5.97 Å². The van der Waals surface area contributed by atoms with Gasteiger partial charge in [0.05, 0.1) is 12.1 Å². The van der Waals surface area contributed by atoms with Gasteiger partial charge in [0.15, 0.2) is 0 Å². The summed E-state index contributed by atoms with van der Waals surface area (Å²) in [5, 5.41) is 21.4. The van der Waals surface area contributed by atoms with Crippen molar-refractivity contribution in [2.45, 2.75) is 38.3 Å². The highest BCUT2D eigenvalue weighted by molar-refractivity contribution is 5.87. The number of aromatic carboxylic acids is 1. The molecule has 0 spiro atoms. The summed E-state index contributed by atoms with van der Waals surface area (Å²) in [7, 11) is 0. The van der Waals surface area contributed by atoms with Crippen LogP contribution in [0.25, 0.3) is 0 Å². The largest absolute Gasteiger partial charge is 0.478 e. The second-order valence-electron chi connectivity index (χ2n) is 4.82. The molecule has 0 aromatic carbocycles. The molecule has 0 saturated heterocycles. The average molecular weight is 253 g/mol. The van der Waals surface area contributed by atoms with Gasteiger partial charge in [0.2, 0.25) is 0 Å². The highest BCUT2D eigenvalue weighted by Gasteiger charge is 2.24. The SMILES string of the molecule is O=C(O)c1coc(CNC2CCCCC2CO)c1. The van der Waals surface area contributed by atoms with Gasteiger partial charge in [-0.1, -0.05) is 12.8 Å². The van der Waals surface area contributed by atoms with Crippen LogP contribution in [0.1, 0.15) is 41.8 Å². The van der Waals surface area contributed by atoms with Gasteiger partial charge in [0, 0.05) is 12.6 Å². The predicted octanol–water partition coefficient (Wildman–Crippen LogP) is 1.62. The number of nitrogens with one attached hydrogen (secondary N) is 1. The molecule has 0 radical (unpaired) electrons. The maximum atomic E-state index is 10.7. The van der Waals surface area contributed by atoms with Crippen LogP contribution in [0.5, 0.6) is 0 Å². The van der Waals surface area contributed by atoms with E-state index in [0.717, 1.165) is 12.8 Å². The van der Waals surface area contributed by atoms with Gasteiger partial charge in [-0.15, -0.1) is 0 Å². The number of rotatable bonds is 5. The van der Waals surface area contributed by atoms with Crippen LogP contribution < -0.4 is 5.32 Å². The number of aliphatic hydroxyl groups is 1. The zero-order valence-electron chi connectivity index (χ0n) is 10.3. The molecule has 0 aliphatic heterocycles. The molecule has 2 atom stereocenters. The van der Waals surface area contributed by atoms with Gasteiger partial charge in [-0.05, 0) is 24.8 Å². The van der Waals surface area contributed by atoms with Crippen LogP contribution >= 0.6 is 0 Å². The first-order chi connectivity index (χ1) is 8.70. The van der Waals surface area contributed by atoms with Crippen LogP contribution in [0.4, 0.5) is 0 Å². The molecule has 100 valence electrons. The lowest BCUT2D eigenvalue weighted by Gasteiger charge is -2.30. The van der Waals surface area contributed by atoms with E-state index in [2.05, 4.69) is 5.32 Å². The van der Waals surface area contributed by atoms with E-state index < -0.39 is 5.97 Å². The maximum absolute atomic E-state index is 10.7. The summed E-state index contributed by atoms with van der Waals surface area (Å²) in [6.07, 6.45) is 5.70. The van der Waals surface area contributed by atoms with Gasteiger partial charge >= 0.3 is 5.97 Å². The minimum Gasteiger partial charge on any atom is -0.478 e. The molecule has 3 N–H and O–H groups in total. The number of furan rings is 1. The Kier molecular flexibility index (Phi) is 4.38. The molecule has 1 saturated carbocycles. The lowest BCUT2D eigenvalue weighted by Crippen LogP contribution is -2.39. The second-order valence-corrected chi connectivity index (χ2v) is 4.82. The summed E-state index contributed by atoms with van der Waals surface area (Å²) in [6.45, 7) is 0.713. The van der Waals surface area contributed by atoms with Crippen molar-refractivity contribution in [2.75, 3.05) is 6.61 Å².